The molecule has 0 unspecified atom stereocenters. The van der Waals surface area contributed by atoms with Gasteiger partial charge in [0.15, 0.2) is 5.75 Å². The SMILES string of the molecule is CCOC(=O)/C(N)=C/N(N)c1cc(C(=O)Nc2cc(C(C)(C)C)cc(NS(C)(=O)=O)c2OC)cc(F)c1C. The van der Waals surface area contributed by atoms with Gasteiger partial charge in [-0.15, -0.1) is 0 Å². The zero-order valence-corrected chi connectivity index (χ0v) is 23.2. The molecular weight excluding hydrogens is 517 g/mol. The van der Waals surface area contributed by atoms with Crippen molar-refractivity contribution in [2.24, 2.45) is 11.6 Å². The van der Waals surface area contributed by atoms with Gasteiger partial charge in [0.2, 0.25) is 10.0 Å². The number of ether oxygens (including phenoxy) is 2. The van der Waals surface area contributed by atoms with Gasteiger partial charge in [0.1, 0.15) is 11.5 Å². The first-order valence-electron chi connectivity index (χ1n) is 11.5. The zero-order valence-electron chi connectivity index (χ0n) is 22.4. The monoisotopic (exact) mass is 551 g/mol. The highest BCUT2D eigenvalue weighted by Crippen LogP contribution is 2.39. The number of amides is 1. The van der Waals surface area contributed by atoms with Crippen molar-refractivity contribution < 1.29 is 31.9 Å². The molecular formula is C25H34FN5O6S. The maximum absolute atomic E-state index is 14.8. The van der Waals surface area contributed by atoms with Gasteiger partial charge in [0.25, 0.3) is 5.91 Å². The van der Waals surface area contributed by atoms with E-state index < -0.39 is 33.1 Å². The molecule has 1 amide bonds. The van der Waals surface area contributed by atoms with E-state index in [9.17, 15) is 22.4 Å². The molecule has 38 heavy (non-hydrogen) atoms. The average molecular weight is 552 g/mol. The third-order valence-corrected chi connectivity index (χ3v) is 5.94. The van der Waals surface area contributed by atoms with Crippen LogP contribution in [0.15, 0.2) is 36.2 Å². The van der Waals surface area contributed by atoms with Crippen molar-refractivity contribution in [2.75, 3.05) is 35.0 Å². The summed E-state index contributed by atoms with van der Waals surface area (Å²) in [5.74, 6) is 3.80. The van der Waals surface area contributed by atoms with Crippen LogP contribution >= 0.6 is 0 Å². The third-order valence-electron chi connectivity index (χ3n) is 5.35. The maximum atomic E-state index is 14.8. The molecule has 0 saturated heterocycles. The summed E-state index contributed by atoms with van der Waals surface area (Å²) in [4.78, 5) is 25.1. The summed E-state index contributed by atoms with van der Waals surface area (Å²) < 4.78 is 51.4. The zero-order chi connectivity index (χ0) is 29.0. The summed E-state index contributed by atoms with van der Waals surface area (Å²) in [5.41, 5.74) is 6.00. The van der Waals surface area contributed by atoms with Gasteiger partial charge in [-0.2, -0.15) is 0 Å². The molecule has 0 aliphatic heterocycles. The van der Waals surface area contributed by atoms with Gasteiger partial charge in [-0.3, -0.25) is 14.5 Å². The molecule has 13 heteroatoms. The normalized spacial score (nSPS) is 12.1. The lowest BCUT2D eigenvalue weighted by Crippen LogP contribution is -2.29. The number of carbonyl (C=O) groups excluding carboxylic acids is 2. The number of nitrogens with one attached hydrogen (secondary N) is 2. The second kappa shape index (κ2) is 11.7. The second-order valence-corrected chi connectivity index (χ2v) is 11.2. The van der Waals surface area contributed by atoms with Crippen molar-refractivity contribution in [1.29, 1.82) is 0 Å². The molecule has 0 aromatic heterocycles. The number of hydrogen-bond acceptors (Lipinski definition) is 9. The fraction of sp³-hybridized carbons (Fsp3) is 0.360. The number of anilines is 3. The van der Waals surface area contributed by atoms with Crippen LogP contribution in [0.2, 0.25) is 0 Å². The molecule has 208 valence electrons. The Balaban J connectivity index is 2.56. The van der Waals surface area contributed by atoms with Gasteiger partial charge >= 0.3 is 5.97 Å². The largest absolute Gasteiger partial charge is 0.492 e. The van der Waals surface area contributed by atoms with E-state index in [4.69, 9.17) is 21.1 Å². The van der Waals surface area contributed by atoms with E-state index in [0.29, 0.717) is 5.56 Å². The van der Waals surface area contributed by atoms with E-state index in [1.807, 2.05) is 20.8 Å². The quantitative estimate of drug-likeness (QED) is 0.158. The summed E-state index contributed by atoms with van der Waals surface area (Å²) in [6.07, 6.45) is 2.05. The number of hydrogen-bond donors (Lipinski definition) is 4. The van der Waals surface area contributed by atoms with Crippen molar-refractivity contribution >= 4 is 39.0 Å². The molecule has 0 aliphatic rings. The average Bonchev–Trinajstić information content (AvgIpc) is 2.78. The van der Waals surface area contributed by atoms with Crippen molar-refractivity contribution in [3.05, 3.63) is 58.7 Å². The Morgan fingerprint density at radius 3 is 2.29 bits per heavy atom. The van der Waals surface area contributed by atoms with Crippen LogP contribution in [0, 0.1) is 12.7 Å². The number of esters is 1. The van der Waals surface area contributed by atoms with Crippen molar-refractivity contribution in [3.8, 4) is 5.75 Å². The van der Waals surface area contributed by atoms with Crippen LogP contribution in [-0.4, -0.2) is 40.3 Å². The van der Waals surface area contributed by atoms with Gasteiger partial charge in [0.05, 0.1) is 43.2 Å². The van der Waals surface area contributed by atoms with E-state index in [1.54, 1.807) is 19.1 Å². The Bertz CT molecular complexity index is 1370. The van der Waals surface area contributed by atoms with Gasteiger partial charge in [0, 0.05) is 11.1 Å². The number of hydrazine groups is 1. The molecule has 0 heterocycles. The molecule has 0 spiro atoms. The Morgan fingerprint density at radius 1 is 1.16 bits per heavy atom. The number of sulfonamides is 1. The lowest BCUT2D eigenvalue weighted by atomic mass is 9.86. The van der Waals surface area contributed by atoms with Gasteiger partial charge in [-0.05, 0) is 49.1 Å². The number of carbonyl (C=O) groups is 2. The van der Waals surface area contributed by atoms with E-state index in [-0.39, 0.29) is 46.2 Å². The minimum Gasteiger partial charge on any atom is -0.492 e. The molecule has 2 aromatic rings. The van der Waals surface area contributed by atoms with Gasteiger partial charge < -0.3 is 20.5 Å². The molecule has 0 radical (unpaired) electrons. The number of methoxy groups -OCH3 is 1. The molecule has 0 atom stereocenters. The Labute approximate surface area is 222 Å². The molecule has 11 nitrogen and oxygen atoms in total. The van der Waals surface area contributed by atoms with E-state index >= 15 is 0 Å². The number of nitrogens with zero attached hydrogens (tertiary/aromatic N) is 1. The minimum atomic E-state index is -3.68. The van der Waals surface area contributed by atoms with Crippen molar-refractivity contribution in [1.82, 2.24) is 0 Å². The molecule has 2 aromatic carbocycles. The van der Waals surface area contributed by atoms with E-state index in [1.165, 1.54) is 20.1 Å². The highest BCUT2D eigenvalue weighted by Gasteiger charge is 2.23. The topological polar surface area (TPSA) is 166 Å². The first-order chi connectivity index (χ1) is 17.5. The first kappa shape index (κ1) is 30.4. The predicted molar refractivity (Wildman–Crippen MR) is 145 cm³/mol. The number of halogens is 1. The lowest BCUT2D eigenvalue weighted by Gasteiger charge is -2.24. The van der Waals surface area contributed by atoms with E-state index in [0.717, 1.165) is 23.5 Å². The lowest BCUT2D eigenvalue weighted by molar-refractivity contribution is -0.138. The summed E-state index contributed by atoms with van der Waals surface area (Å²) >= 11 is 0. The standard InChI is InChI=1S/C25H34FN5O6S/c1-8-37-24(33)18(27)13-31(28)21-10-15(9-17(26)14(21)2)23(32)29-19-11-16(25(3,4)5)12-20(22(19)36-6)30-38(7,34)35/h9-13,30H,8,27-28H2,1-7H3,(H,29,32)/b18-13-. The molecule has 0 fully saturated rings. The summed E-state index contributed by atoms with van der Waals surface area (Å²) in [6.45, 7) is 8.90. The molecule has 6 N–H and O–H groups in total. The van der Waals surface area contributed by atoms with Crippen molar-refractivity contribution in [2.45, 2.75) is 40.0 Å². The summed E-state index contributed by atoms with van der Waals surface area (Å²) in [5, 5.41) is 3.58. The van der Waals surface area contributed by atoms with E-state index in [2.05, 4.69) is 10.0 Å². The number of nitrogens with two attached hydrogens (primary N) is 2. The smallest absolute Gasteiger partial charge is 0.355 e. The van der Waals surface area contributed by atoms with Crippen LogP contribution in [0.25, 0.3) is 0 Å². The Kier molecular flexibility index (Phi) is 9.35. The fourth-order valence-corrected chi connectivity index (χ4v) is 3.95. The Morgan fingerprint density at radius 2 is 1.76 bits per heavy atom. The predicted octanol–water partition coefficient (Wildman–Crippen LogP) is 3.11. The summed E-state index contributed by atoms with van der Waals surface area (Å²) in [7, 11) is -2.35. The summed E-state index contributed by atoms with van der Waals surface area (Å²) in [6, 6.07) is 5.61. The van der Waals surface area contributed by atoms with Crippen LogP contribution in [0.5, 0.6) is 5.75 Å². The van der Waals surface area contributed by atoms with Crippen LogP contribution in [0.1, 0.15) is 49.2 Å². The van der Waals surface area contributed by atoms with Gasteiger partial charge in [-0.25, -0.2) is 23.4 Å². The molecule has 0 aliphatic carbocycles. The molecule has 2 rings (SSSR count). The fourth-order valence-electron chi connectivity index (χ4n) is 3.39. The minimum absolute atomic E-state index is 0.0650. The first-order valence-corrected chi connectivity index (χ1v) is 13.4. The highest BCUT2D eigenvalue weighted by atomic mass is 32.2. The highest BCUT2D eigenvalue weighted by molar-refractivity contribution is 7.92. The van der Waals surface area contributed by atoms with Gasteiger partial charge in [-0.1, -0.05) is 20.8 Å². The van der Waals surface area contributed by atoms with Crippen LogP contribution in [-0.2, 0) is 25.0 Å². The van der Waals surface area contributed by atoms with Crippen LogP contribution < -0.4 is 31.4 Å². The third kappa shape index (κ3) is 7.59. The maximum Gasteiger partial charge on any atom is 0.355 e. The second-order valence-electron chi connectivity index (χ2n) is 9.50. The number of benzene rings is 2. The molecule has 0 bridgehead atoms. The molecule has 0 saturated carbocycles. The van der Waals surface area contributed by atoms with Crippen LogP contribution in [0.4, 0.5) is 21.5 Å². The number of rotatable bonds is 9. The Hall–Kier alpha value is -3.84. The van der Waals surface area contributed by atoms with Crippen molar-refractivity contribution in [3.63, 3.8) is 0 Å². The van der Waals surface area contributed by atoms with Crippen LogP contribution in [0.3, 0.4) is 0 Å².